The van der Waals surface area contributed by atoms with Crippen LogP contribution in [0.15, 0.2) is 52.3 Å². The summed E-state index contributed by atoms with van der Waals surface area (Å²) in [4.78, 5) is 25.3. The molecule has 0 aliphatic heterocycles. The third kappa shape index (κ3) is 5.83. The van der Waals surface area contributed by atoms with Crippen LogP contribution < -0.4 is 16.0 Å². The number of benzene rings is 1. The molecule has 1 aliphatic rings. The largest absolute Gasteiger partial charge is 0.493 e. The van der Waals surface area contributed by atoms with Crippen LogP contribution in [0.3, 0.4) is 0 Å². The summed E-state index contributed by atoms with van der Waals surface area (Å²) in [6, 6.07) is 9.07. The second-order valence-electron chi connectivity index (χ2n) is 9.16. The number of hydrogen-bond acceptors (Lipinski definition) is 6. The molecule has 182 valence electrons. The molecular weight excluding hydrogens is 434 g/mol. The van der Waals surface area contributed by atoms with Crippen molar-refractivity contribution in [3.05, 3.63) is 74.8 Å². The summed E-state index contributed by atoms with van der Waals surface area (Å²) in [5.74, 6) is 1.43. The Labute approximate surface area is 198 Å². The summed E-state index contributed by atoms with van der Waals surface area (Å²) >= 11 is 0. The van der Waals surface area contributed by atoms with Crippen molar-refractivity contribution in [2.45, 2.75) is 70.6 Å². The molecule has 1 aliphatic carbocycles. The predicted octanol–water partition coefficient (Wildman–Crippen LogP) is 2.63. The lowest BCUT2D eigenvalue weighted by atomic mass is 9.86. The molecule has 1 saturated carbocycles. The van der Waals surface area contributed by atoms with Gasteiger partial charge >= 0.3 is 5.69 Å². The molecule has 0 bridgehead atoms. The van der Waals surface area contributed by atoms with E-state index in [2.05, 4.69) is 15.3 Å². The van der Waals surface area contributed by atoms with E-state index in [1.807, 2.05) is 31.2 Å². The van der Waals surface area contributed by atoms with Crippen molar-refractivity contribution in [1.29, 1.82) is 0 Å². The van der Waals surface area contributed by atoms with Crippen molar-refractivity contribution >= 4 is 0 Å². The highest BCUT2D eigenvalue weighted by molar-refractivity contribution is 5.32. The van der Waals surface area contributed by atoms with Crippen molar-refractivity contribution < 1.29 is 9.84 Å². The Morgan fingerprint density at radius 1 is 1.24 bits per heavy atom. The number of nitrogens with one attached hydrogen (secondary N) is 1. The molecule has 2 N–H and O–H groups in total. The van der Waals surface area contributed by atoms with E-state index in [-0.39, 0.29) is 0 Å². The smallest absolute Gasteiger partial charge is 0.328 e. The van der Waals surface area contributed by atoms with Crippen LogP contribution in [0.25, 0.3) is 0 Å². The normalized spacial score (nSPS) is 15.6. The summed E-state index contributed by atoms with van der Waals surface area (Å²) in [5.41, 5.74) is -0.152. The van der Waals surface area contributed by atoms with E-state index in [0.29, 0.717) is 25.4 Å². The van der Waals surface area contributed by atoms with Crippen LogP contribution in [0.1, 0.15) is 56.7 Å². The van der Waals surface area contributed by atoms with E-state index >= 15 is 0 Å². The second kappa shape index (κ2) is 10.8. The first-order valence-electron chi connectivity index (χ1n) is 12.1. The van der Waals surface area contributed by atoms with Crippen molar-refractivity contribution in [3.63, 3.8) is 0 Å². The summed E-state index contributed by atoms with van der Waals surface area (Å²) in [6.45, 7) is 3.50. The van der Waals surface area contributed by atoms with Gasteiger partial charge in [-0.2, -0.15) is 0 Å². The fourth-order valence-electron chi connectivity index (χ4n) is 4.22. The molecule has 9 heteroatoms. The zero-order chi connectivity index (χ0) is 24.0. The summed E-state index contributed by atoms with van der Waals surface area (Å²) < 4.78 is 9.23. The van der Waals surface area contributed by atoms with Gasteiger partial charge in [-0.1, -0.05) is 30.7 Å². The molecule has 9 nitrogen and oxygen atoms in total. The van der Waals surface area contributed by atoms with Gasteiger partial charge in [-0.25, -0.2) is 9.48 Å². The van der Waals surface area contributed by atoms with Gasteiger partial charge < -0.3 is 14.4 Å². The lowest BCUT2D eigenvalue weighted by Crippen LogP contribution is -2.32. The Morgan fingerprint density at radius 3 is 2.82 bits per heavy atom. The summed E-state index contributed by atoms with van der Waals surface area (Å²) in [6.07, 6.45) is 9.80. The highest BCUT2D eigenvalue weighted by atomic mass is 16.5. The van der Waals surface area contributed by atoms with E-state index in [1.165, 1.54) is 36.1 Å². The molecule has 34 heavy (non-hydrogen) atoms. The molecule has 2 heterocycles. The summed E-state index contributed by atoms with van der Waals surface area (Å²) in [5, 5.41) is 19.8. The number of aliphatic hydroxyl groups is 1. The van der Waals surface area contributed by atoms with E-state index < -0.39 is 16.9 Å². The first-order chi connectivity index (χ1) is 16.5. The molecule has 0 amide bonds. The third-order valence-electron chi connectivity index (χ3n) is 6.75. The Bertz CT molecular complexity index is 1200. The lowest BCUT2D eigenvalue weighted by molar-refractivity contribution is 0.00944. The fraction of sp³-hybridized carbons (Fsp3) is 0.520. The number of aromatic amines is 1. The number of rotatable bonds is 12. The number of H-pyrrole nitrogens is 1. The number of hydrogen-bond donors (Lipinski definition) is 2. The molecule has 0 radical (unpaired) electrons. The maximum absolute atomic E-state index is 11.8. The van der Waals surface area contributed by atoms with Gasteiger partial charge in [0.05, 0.1) is 25.0 Å². The molecule has 1 fully saturated rings. The van der Waals surface area contributed by atoms with Crippen LogP contribution >= 0.6 is 0 Å². The van der Waals surface area contributed by atoms with Crippen LogP contribution in [-0.2, 0) is 25.1 Å². The average Bonchev–Trinajstić information content (AvgIpc) is 3.23. The highest BCUT2D eigenvalue weighted by Gasteiger charge is 2.30. The maximum Gasteiger partial charge on any atom is 0.328 e. The van der Waals surface area contributed by atoms with Gasteiger partial charge in [-0.15, -0.1) is 5.10 Å². The monoisotopic (exact) mass is 467 g/mol. The Morgan fingerprint density at radius 2 is 2.09 bits per heavy atom. The number of aromatic nitrogens is 5. The quantitative estimate of drug-likeness (QED) is 0.396. The van der Waals surface area contributed by atoms with Crippen LogP contribution in [0.5, 0.6) is 5.75 Å². The van der Waals surface area contributed by atoms with Crippen molar-refractivity contribution in [3.8, 4) is 5.75 Å². The number of ether oxygens (including phenoxy) is 1. The zero-order valence-corrected chi connectivity index (χ0v) is 19.7. The van der Waals surface area contributed by atoms with Gasteiger partial charge in [-0.3, -0.25) is 9.78 Å². The van der Waals surface area contributed by atoms with Gasteiger partial charge in [0.15, 0.2) is 0 Å². The molecule has 2 aromatic heterocycles. The van der Waals surface area contributed by atoms with Gasteiger partial charge in [-0.05, 0) is 62.1 Å². The topological polar surface area (TPSA) is 115 Å². The van der Waals surface area contributed by atoms with E-state index in [4.69, 9.17) is 4.74 Å². The molecule has 4 rings (SSSR count). The third-order valence-corrected chi connectivity index (χ3v) is 6.75. The number of nitrogens with zero attached hydrogens (tertiary/aromatic N) is 4. The Balaban J connectivity index is 1.36. The van der Waals surface area contributed by atoms with Crippen molar-refractivity contribution in [2.75, 3.05) is 6.61 Å². The van der Waals surface area contributed by atoms with Crippen LogP contribution in [-0.4, -0.2) is 36.3 Å². The predicted molar refractivity (Wildman–Crippen MR) is 128 cm³/mol. The zero-order valence-electron chi connectivity index (χ0n) is 19.7. The molecule has 0 saturated heterocycles. The fourth-order valence-corrected chi connectivity index (χ4v) is 4.22. The second-order valence-corrected chi connectivity index (χ2v) is 9.16. The number of unbranched alkanes of at least 4 members (excludes halogenated alkanes) is 1. The van der Waals surface area contributed by atoms with Gasteiger partial charge in [0.2, 0.25) is 0 Å². The van der Waals surface area contributed by atoms with Crippen molar-refractivity contribution in [1.82, 2.24) is 24.5 Å². The van der Waals surface area contributed by atoms with Gasteiger partial charge in [0.25, 0.3) is 5.56 Å². The molecule has 0 spiro atoms. The van der Waals surface area contributed by atoms with Gasteiger partial charge in [0.1, 0.15) is 11.4 Å². The molecular formula is C25H33N5O4. The van der Waals surface area contributed by atoms with Crippen molar-refractivity contribution in [2.24, 2.45) is 5.92 Å². The van der Waals surface area contributed by atoms with Crippen LogP contribution in [0, 0.1) is 5.92 Å². The van der Waals surface area contributed by atoms with E-state index in [1.54, 1.807) is 10.9 Å². The molecule has 1 atom stereocenters. The van der Waals surface area contributed by atoms with Crippen LogP contribution in [0.4, 0.5) is 0 Å². The Kier molecular flexibility index (Phi) is 7.62. The molecule has 0 unspecified atom stereocenters. The minimum Gasteiger partial charge on any atom is -0.493 e. The minimum absolute atomic E-state index is 0.296. The lowest BCUT2D eigenvalue weighted by Gasteiger charge is -2.29. The minimum atomic E-state index is -1.10. The maximum atomic E-state index is 11.8. The van der Waals surface area contributed by atoms with Gasteiger partial charge in [0, 0.05) is 18.8 Å². The standard InChI is InChI=1S/C25H33N5O4/c1-2-25(33,20-9-6-11-22(15-20)34-17-19-7-5-8-19)18-30-21(16-26-28-30)10-3-4-13-29-14-12-23(31)27-24(29)32/h6,9,11-12,14-16,19,33H,2-5,7-8,10,13,17-18H2,1H3,(H,27,31,32)/t25-/m1/s1. The average molecular weight is 468 g/mol. The highest BCUT2D eigenvalue weighted by Crippen LogP contribution is 2.31. The first kappa shape index (κ1) is 23.9. The molecule has 3 aromatic rings. The SMILES string of the molecule is CC[C@@](O)(Cn1nncc1CCCCn1ccc(=O)[nH]c1=O)c1cccc(OCC2CCC2)c1. The van der Waals surface area contributed by atoms with E-state index in [9.17, 15) is 14.7 Å². The number of aryl methyl sites for hydroxylation is 2. The van der Waals surface area contributed by atoms with E-state index in [0.717, 1.165) is 42.9 Å². The Hall–Kier alpha value is -3.20. The summed E-state index contributed by atoms with van der Waals surface area (Å²) in [7, 11) is 0. The van der Waals surface area contributed by atoms with Crippen LogP contribution in [0.2, 0.25) is 0 Å². The first-order valence-corrected chi connectivity index (χ1v) is 12.1. The molecule has 1 aromatic carbocycles.